The van der Waals surface area contributed by atoms with E-state index < -0.39 is 6.04 Å². The number of rotatable bonds is 11. The molecule has 12 nitrogen and oxygen atoms in total. The molecule has 0 spiro atoms. The number of nitrogens with two attached hydrogens (primary N) is 1. The molecule has 1 aliphatic rings. The van der Waals surface area contributed by atoms with Gasteiger partial charge in [-0.1, -0.05) is 11.8 Å². The second-order valence-corrected chi connectivity index (χ2v) is 9.33. The van der Waals surface area contributed by atoms with Gasteiger partial charge in [0.2, 0.25) is 11.8 Å². The zero-order valence-electron chi connectivity index (χ0n) is 19.4. The average Bonchev–Trinajstić information content (AvgIpc) is 3.54. The van der Waals surface area contributed by atoms with Crippen molar-refractivity contribution in [3.63, 3.8) is 0 Å². The number of ether oxygens (including phenoxy) is 1. The van der Waals surface area contributed by atoms with Gasteiger partial charge in [-0.05, 0) is 26.7 Å². The summed E-state index contributed by atoms with van der Waals surface area (Å²) in [5.74, 6) is 0.698. The minimum atomic E-state index is -0.455. The lowest BCUT2D eigenvalue weighted by atomic mass is 10.1. The predicted molar refractivity (Wildman–Crippen MR) is 128 cm³/mol. The monoisotopic (exact) mass is 487 g/mol. The molecule has 3 aromatic rings. The highest BCUT2D eigenvalue weighted by Gasteiger charge is 2.35. The van der Waals surface area contributed by atoms with Crippen molar-refractivity contribution in [1.82, 2.24) is 39.7 Å². The van der Waals surface area contributed by atoms with Gasteiger partial charge in [-0.3, -0.25) is 19.8 Å². The highest BCUT2D eigenvalue weighted by atomic mass is 32.2. The van der Waals surface area contributed by atoms with Crippen LogP contribution in [-0.2, 0) is 23.1 Å². The van der Waals surface area contributed by atoms with E-state index >= 15 is 0 Å². The molecule has 1 fully saturated rings. The molecular formula is C21H29N9O3S. The molecule has 0 amide bonds. The van der Waals surface area contributed by atoms with Crippen molar-refractivity contribution in [3.05, 3.63) is 24.5 Å². The topological polar surface area (TPSA) is 157 Å². The number of Topliss-reactive ketones (excluding diaryl/α,β-unsaturated/α-hetero) is 2. The van der Waals surface area contributed by atoms with Gasteiger partial charge in [0.15, 0.2) is 11.2 Å². The Morgan fingerprint density at radius 2 is 2.21 bits per heavy atom. The second-order valence-electron chi connectivity index (χ2n) is 8.31. The van der Waals surface area contributed by atoms with Crippen molar-refractivity contribution in [2.75, 3.05) is 18.2 Å². The van der Waals surface area contributed by atoms with Gasteiger partial charge in [0.05, 0.1) is 24.7 Å². The summed E-state index contributed by atoms with van der Waals surface area (Å²) < 4.78 is 7.69. The van der Waals surface area contributed by atoms with Crippen LogP contribution in [0.25, 0.3) is 11.2 Å². The fraction of sp³-hybridized carbons (Fsp3) is 0.524. The fourth-order valence-corrected chi connectivity index (χ4v) is 5.12. The van der Waals surface area contributed by atoms with E-state index in [2.05, 4.69) is 35.1 Å². The van der Waals surface area contributed by atoms with E-state index in [0.29, 0.717) is 23.5 Å². The number of anilines is 1. The molecule has 0 radical (unpaired) electrons. The molecule has 1 aliphatic heterocycles. The Labute approximate surface area is 201 Å². The lowest BCUT2D eigenvalue weighted by molar-refractivity contribution is -0.121. The number of carbonyl (C=O) groups excluding carboxylic acids is 2. The first-order valence-corrected chi connectivity index (χ1v) is 12.1. The van der Waals surface area contributed by atoms with Gasteiger partial charge >= 0.3 is 0 Å². The third kappa shape index (κ3) is 5.37. The van der Waals surface area contributed by atoms with Gasteiger partial charge in [0.25, 0.3) is 0 Å². The number of imidazole rings is 2. The summed E-state index contributed by atoms with van der Waals surface area (Å²) in [6, 6.07) is -0.662. The molecule has 0 saturated carbocycles. The molecule has 182 valence electrons. The van der Waals surface area contributed by atoms with E-state index in [0.717, 1.165) is 25.1 Å². The molecule has 0 bridgehead atoms. The molecule has 0 aliphatic carbocycles. The standard InChI is InChI=1S/C21H29N9O3S/c1-12(31)15(7-14-8-23-9-24-14)26-21(30-6-4-5-16(30)13(2)32)34-11-33-19-17-18(27-20(22)28-19)29(3)10-25-17/h8-10,15-16,21,26H,4-7,11H2,1-3H3,(H,23,24)(H2,22,27,28)/t15-,16-,21?/m0/s1. The van der Waals surface area contributed by atoms with Crippen LogP contribution in [0.2, 0.25) is 0 Å². The third-order valence-electron chi connectivity index (χ3n) is 5.84. The normalized spacial score (nSPS) is 18.3. The van der Waals surface area contributed by atoms with Crippen LogP contribution in [0.3, 0.4) is 0 Å². The van der Waals surface area contributed by atoms with Crippen LogP contribution in [-0.4, -0.2) is 76.0 Å². The summed E-state index contributed by atoms with van der Waals surface area (Å²) >= 11 is 1.44. The number of hydrogen-bond acceptors (Lipinski definition) is 11. The van der Waals surface area contributed by atoms with Gasteiger partial charge in [-0.15, -0.1) is 0 Å². The quantitative estimate of drug-likeness (QED) is 0.330. The van der Waals surface area contributed by atoms with Gasteiger partial charge < -0.3 is 20.0 Å². The van der Waals surface area contributed by atoms with E-state index in [1.165, 1.54) is 11.8 Å². The Balaban J connectivity index is 1.51. The van der Waals surface area contributed by atoms with Crippen molar-refractivity contribution in [2.45, 2.75) is 50.7 Å². The Hall–Kier alpha value is -3.03. The first kappa shape index (κ1) is 24.1. The Morgan fingerprint density at radius 3 is 2.91 bits per heavy atom. The van der Waals surface area contributed by atoms with E-state index in [9.17, 15) is 9.59 Å². The number of aryl methyl sites for hydroxylation is 1. The number of likely N-dealkylation sites (tertiary alicyclic amines) is 1. The Morgan fingerprint density at radius 1 is 1.38 bits per heavy atom. The summed E-state index contributed by atoms with van der Waals surface area (Å²) in [4.78, 5) is 46.6. The van der Waals surface area contributed by atoms with E-state index in [-0.39, 0.29) is 35.0 Å². The Bertz CT molecular complexity index is 1150. The lowest BCUT2D eigenvalue weighted by Gasteiger charge is -2.34. The maximum absolute atomic E-state index is 12.5. The van der Waals surface area contributed by atoms with Crippen LogP contribution in [0.4, 0.5) is 5.95 Å². The summed E-state index contributed by atoms with van der Waals surface area (Å²) in [7, 11) is 1.82. The van der Waals surface area contributed by atoms with Crippen LogP contribution < -0.4 is 15.8 Å². The van der Waals surface area contributed by atoms with Crippen molar-refractivity contribution < 1.29 is 14.3 Å². The molecule has 1 saturated heterocycles. The number of ketones is 2. The summed E-state index contributed by atoms with van der Waals surface area (Å²) in [6.45, 7) is 3.91. The van der Waals surface area contributed by atoms with Crippen LogP contribution in [0.1, 0.15) is 32.4 Å². The largest absolute Gasteiger partial charge is 0.465 e. The molecule has 4 rings (SSSR count). The fourth-order valence-electron chi connectivity index (χ4n) is 4.11. The number of thioether (sulfide) groups is 1. The van der Waals surface area contributed by atoms with E-state index in [4.69, 9.17) is 10.5 Å². The smallest absolute Gasteiger partial charge is 0.248 e. The maximum Gasteiger partial charge on any atom is 0.248 e. The number of aromatic amines is 1. The van der Waals surface area contributed by atoms with Crippen LogP contribution in [0, 0.1) is 0 Å². The van der Waals surface area contributed by atoms with Crippen molar-refractivity contribution in [2.24, 2.45) is 7.05 Å². The number of hydrogen-bond donors (Lipinski definition) is 3. The summed E-state index contributed by atoms with van der Waals surface area (Å²) in [5, 5.41) is 3.44. The number of nitrogen functional groups attached to an aromatic ring is 1. The second kappa shape index (κ2) is 10.5. The molecule has 0 aromatic carbocycles. The predicted octanol–water partition coefficient (Wildman–Crippen LogP) is 0.865. The molecule has 34 heavy (non-hydrogen) atoms. The highest BCUT2D eigenvalue weighted by molar-refractivity contribution is 7.99. The number of nitrogens with one attached hydrogen (secondary N) is 2. The van der Waals surface area contributed by atoms with Gasteiger partial charge in [0.1, 0.15) is 23.0 Å². The molecule has 3 atom stereocenters. The maximum atomic E-state index is 12.5. The average molecular weight is 488 g/mol. The first-order chi connectivity index (χ1) is 16.3. The molecular weight excluding hydrogens is 458 g/mol. The summed E-state index contributed by atoms with van der Waals surface area (Å²) in [5.41, 5.74) is 7.47. The number of nitrogens with zero attached hydrogens (tertiary/aromatic N) is 6. The van der Waals surface area contributed by atoms with Crippen molar-refractivity contribution >= 4 is 40.4 Å². The zero-order valence-corrected chi connectivity index (χ0v) is 20.2. The number of H-pyrrole nitrogens is 1. The van der Waals surface area contributed by atoms with Crippen LogP contribution in [0.5, 0.6) is 5.88 Å². The van der Waals surface area contributed by atoms with E-state index in [1.54, 1.807) is 37.3 Å². The molecule has 4 N–H and O–H groups in total. The van der Waals surface area contributed by atoms with Crippen molar-refractivity contribution in [3.8, 4) is 5.88 Å². The molecule has 3 aromatic heterocycles. The minimum absolute atomic E-state index is 0.00143. The van der Waals surface area contributed by atoms with Crippen LogP contribution in [0.15, 0.2) is 18.9 Å². The SMILES string of the molecule is CC(=O)[C@H](Cc1cnc[nH]1)NC(SCOc1nc(N)nc2c1ncn2C)N1CCC[C@H]1C(C)=O. The minimum Gasteiger partial charge on any atom is -0.465 e. The zero-order chi connectivity index (χ0) is 24.2. The number of carbonyl (C=O) groups is 2. The molecule has 4 heterocycles. The van der Waals surface area contributed by atoms with Gasteiger partial charge in [-0.25, -0.2) is 9.97 Å². The highest BCUT2D eigenvalue weighted by Crippen LogP contribution is 2.28. The van der Waals surface area contributed by atoms with Gasteiger partial charge in [-0.2, -0.15) is 9.97 Å². The third-order valence-corrected chi connectivity index (χ3v) is 6.82. The first-order valence-electron chi connectivity index (χ1n) is 11.0. The lowest BCUT2D eigenvalue weighted by Crippen LogP contribution is -2.53. The summed E-state index contributed by atoms with van der Waals surface area (Å²) in [6.07, 6.45) is 7.07. The number of aromatic nitrogens is 6. The molecule has 1 unspecified atom stereocenters. The Kier molecular flexibility index (Phi) is 7.44. The van der Waals surface area contributed by atoms with Gasteiger partial charge in [0, 0.05) is 31.9 Å². The van der Waals surface area contributed by atoms with Crippen LogP contribution >= 0.6 is 11.8 Å². The van der Waals surface area contributed by atoms with E-state index in [1.807, 2.05) is 7.05 Å². The molecule has 13 heteroatoms. The number of fused-ring (bicyclic) bond motifs is 1. The van der Waals surface area contributed by atoms with Crippen molar-refractivity contribution in [1.29, 1.82) is 0 Å².